The van der Waals surface area contributed by atoms with Gasteiger partial charge in [-0.2, -0.15) is 18.4 Å². The molecule has 2 aromatic rings. The molecule has 100 valence electrons. The summed E-state index contributed by atoms with van der Waals surface area (Å²) < 4.78 is 37.2. The van der Waals surface area contributed by atoms with Crippen LogP contribution in [-0.4, -0.2) is 6.21 Å². The highest BCUT2D eigenvalue weighted by molar-refractivity contribution is 5.82. The lowest BCUT2D eigenvalue weighted by Crippen LogP contribution is -2.04. The van der Waals surface area contributed by atoms with E-state index in [0.717, 1.165) is 12.1 Å². The molecule has 0 fully saturated rings. The first-order valence-electron chi connectivity index (χ1n) is 5.70. The Bertz CT molecular complexity index is 665. The molecule has 0 aliphatic rings. The summed E-state index contributed by atoms with van der Waals surface area (Å²) in [6, 6.07) is 13.4. The minimum Gasteiger partial charge on any atom is -0.256 e. The van der Waals surface area contributed by atoms with Crippen LogP contribution < -0.4 is 0 Å². The molecule has 5 heteroatoms. The Labute approximate surface area is 113 Å². The van der Waals surface area contributed by atoms with Gasteiger partial charge in [-0.1, -0.05) is 18.2 Å². The van der Waals surface area contributed by atoms with Crippen molar-refractivity contribution in [2.24, 2.45) is 4.99 Å². The molecular weight excluding hydrogens is 265 g/mol. The number of nitrogens with zero attached hydrogens (tertiary/aromatic N) is 2. The van der Waals surface area contributed by atoms with Gasteiger partial charge in [0.05, 0.1) is 22.9 Å². The summed E-state index contributed by atoms with van der Waals surface area (Å²) in [5.41, 5.74) is 0.914. The van der Waals surface area contributed by atoms with Gasteiger partial charge < -0.3 is 0 Å². The Morgan fingerprint density at radius 1 is 1.05 bits per heavy atom. The first kappa shape index (κ1) is 13.8. The van der Waals surface area contributed by atoms with E-state index in [2.05, 4.69) is 4.99 Å². The Morgan fingerprint density at radius 3 is 2.35 bits per heavy atom. The molecule has 0 radical (unpaired) electrons. The average Bonchev–Trinajstić information content (AvgIpc) is 2.45. The maximum Gasteiger partial charge on any atom is 0.416 e. The van der Waals surface area contributed by atoms with Crippen molar-refractivity contribution in [1.82, 2.24) is 0 Å². The molecule has 0 aliphatic heterocycles. The zero-order chi connectivity index (χ0) is 14.6. The lowest BCUT2D eigenvalue weighted by atomic mass is 10.1. The molecule has 0 bridgehead atoms. The Hall–Kier alpha value is -2.61. The van der Waals surface area contributed by atoms with Crippen LogP contribution in [0, 0.1) is 11.3 Å². The zero-order valence-corrected chi connectivity index (χ0v) is 10.2. The van der Waals surface area contributed by atoms with Crippen LogP contribution in [0.2, 0.25) is 0 Å². The minimum atomic E-state index is -4.34. The van der Waals surface area contributed by atoms with E-state index in [-0.39, 0.29) is 0 Å². The van der Waals surface area contributed by atoms with E-state index in [1.807, 2.05) is 6.07 Å². The average molecular weight is 274 g/mol. The second kappa shape index (κ2) is 5.57. The van der Waals surface area contributed by atoms with Crippen LogP contribution in [0.3, 0.4) is 0 Å². The Morgan fingerprint density at radius 2 is 1.75 bits per heavy atom. The number of rotatable bonds is 2. The second-order valence-corrected chi connectivity index (χ2v) is 4.04. The fourth-order valence-electron chi connectivity index (χ4n) is 1.56. The smallest absolute Gasteiger partial charge is 0.256 e. The van der Waals surface area contributed by atoms with Crippen molar-refractivity contribution < 1.29 is 13.2 Å². The molecule has 0 saturated heterocycles. The van der Waals surface area contributed by atoms with Gasteiger partial charge in [-0.15, -0.1) is 0 Å². The number of alkyl halides is 3. The number of halogens is 3. The molecular formula is C15H9F3N2. The van der Waals surface area contributed by atoms with E-state index < -0.39 is 11.7 Å². The minimum absolute atomic E-state index is 0.479. The molecule has 20 heavy (non-hydrogen) atoms. The largest absolute Gasteiger partial charge is 0.416 e. The van der Waals surface area contributed by atoms with Gasteiger partial charge >= 0.3 is 6.18 Å². The highest BCUT2D eigenvalue weighted by Gasteiger charge is 2.29. The molecule has 0 aliphatic carbocycles. The standard InChI is InChI=1S/C15H9F3N2/c16-15(17,18)13-6-4-11(5-7-13)10-20-14-3-1-2-12(8-14)9-19/h1-8,10H. The predicted octanol–water partition coefficient (Wildman–Crippen LogP) is 4.33. The summed E-state index contributed by atoms with van der Waals surface area (Å²) in [5.74, 6) is 0. The molecule has 0 spiro atoms. The van der Waals surface area contributed by atoms with Crippen molar-refractivity contribution in [3.05, 3.63) is 65.2 Å². The van der Waals surface area contributed by atoms with Gasteiger partial charge in [-0.3, -0.25) is 4.99 Å². The van der Waals surface area contributed by atoms with E-state index in [4.69, 9.17) is 5.26 Å². The predicted molar refractivity (Wildman–Crippen MR) is 69.9 cm³/mol. The summed E-state index contributed by atoms with van der Waals surface area (Å²) in [4.78, 5) is 4.12. The highest BCUT2D eigenvalue weighted by atomic mass is 19.4. The first-order chi connectivity index (χ1) is 9.49. The Balaban J connectivity index is 2.17. The van der Waals surface area contributed by atoms with Crippen LogP contribution in [0.1, 0.15) is 16.7 Å². The Kier molecular flexibility index (Phi) is 3.85. The zero-order valence-electron chi connectivity index (χ0n) is 10.2. The third-order valence-corrected chi connectivity index (χ3v) is 2.58. The summed E-state index contributed by atoms with van der Waals surface area (Å²) in [6.07, 6.45) is -2.88. The lowest BCUT2D eigenvalue weighted by molar-refractivity contribution is -0.137. The number of hydrogen-bond acceptors (Lipinski definition) is 2. The third kappa shape index (κ3) is 3.45. The van der Waals surface area contributed by atoms with Gasteiger partial charge in [0, 0.05) is 6.21 Å². The fraction of sp³-hybridized carbons (Fsp3) is 0.0667. The maximum atomic E-state index is 12.4. The molecule has 2 rings (SSSR count). The van der Waals surface area contributed by atoms with E-state index in [1.54, 1.807) is 24.3 Å². The van der Waals surface area contributed by atoms with E-state index in [9.17, 15) is 13.2 Å². The van der Waals surface area contributed by atoms with Crippen LogP contribution >= 0.6 is 0 Å². The molecule has 2 aromatic carbocycles. The van der Waals surface area contributed by atoms with Gasteiger partial charge in [0.25, 0.3) is 0 Å². The summed E-state index contributed by atoms with van der Waals surface area (Å²) >= 11 is 0. The molecule has 0 N–H and O–H groups in total. The SMILES string of the molecule is N#Cc1cccc(N=Cc2ccc(C(F)(F)F)cc2)c1. The van der Waals surface area contributed by atoms with Crippen molar-refractivity contribution >= 4 is 11.9 Å². The fourth-order valence-corrected chi connectivity index (χ4v) is 1.56. The molecule has 0 atom stereocenters. The van der Waals surface area contributed by atoms with Crippen molar-refractivity contribution in [3.8, 4) is 6.07 Å². The van der Waals surface area contributed by atoms with Crippen LogP contribution in [0.4, 0.5) is 18.9 Å². The number of hydrogen-bond donors (Lipinski definition) is 0. The van der Waals surface area contributed by atoms with Crippen molar-refractivity contribution in [1.29, 1.82) is 5.26 Å². The first-order valence-corrected chi connectivity index (χ1v) is 5.70. The van der Waals surface area contributed by atoms with E-state index in [0.29, 0.717) is 16.8 Å². The molecule has 0 heterocycles. The van der Waals surface area contributed by atoms with Crippen LogP contribution in [0.15, 0.2) is 53.5 Å². The van der Waals surface area contributed by atoms with E-state index >= 15 is 0 Å². The molecule has 2 nitrogen and oxygen atoms in total. The third-order valence-electron chi connectivity index (χ3n) is 2.58. The maximum absolute atomic E-state index is 12.4. The van der Waals surface area contributed by atoms with Gasteiger partial charge in [0.15, 0.2) is 0 Å². The van der Waals surface area contributed by atoms with Crippen molar-refractivity contribution in [2.45, 2.75) is 6.18 Å². The van der Waals surface area contributed by atoms with Crippen LogP contribution in [-0.2, 0) is 6.18 Å². The van der Waals surface area contributed by atoms with Crippen LogP contribution in [0.25, 0.3) is 0 Å². The lowest BCUT2D eigenvalue weighted by Gasteiger charge is -2.05. The van der Waals surface area contributed by atoms with Crippen LogP contribution in [0.5, 0.6) is 0 Å². The van der Waals surface area contributed by atoms with Gasteiger partial charge in [-0.25, -0.2) is 0 Å². The quantitative estimate of drug-likeness (QED) is 0.751. The molecule has 0 amide bonds. The van der Waals surface area contributed by atoms with Gasteiger partial charge in [0.1, 0.15) is 0 Å². The normalized spacial score (nSPS) is 11.5. The topological polar surface area (TPSA) is 36.1 Å². The molecule has 0 saturated carbocycles. The van der Waals surface area contributed by atoms with E-state index in [1.165, 1.54) is 18.3 Å². The summed E-state index contributed by atoms with van der Waals surface area (Å²) in [5, 5.41) is 8.75. The number of benzene rings is 2. The molecule has 0 aromatic heterocycles. The second-order valence-electron chi connectivity index (χ2n) is 4.04. The highest BCUT2D eigenvalue weighted by Crippen LogP contribution is 2.28. The number of aliphatic imine (C=N–C) groups is 1. The van der Waals surface area contributed by atoms with Crippen molar-refractivity contribution in [2.75, 3.05) is 0 Å². The number of nitriles is 1. The molecule has 0 unspecified atom stereocenters. The summed E-state index contributed by atoms with van der Waals surface area (Å²) in [6.45, 7) is 0. The van der Waals surface area contributed by atoms with Gasteiger partial charge in [0.2, 0.25) is 0 Å². The van der Waals surface area contributed by atoms with Crippen molar-refractivity contribution in [3.63, 3.8) is 0 Å². The summed E-state index contributed by atoms with van der Waals surface area (Å²) in [7, 11) is 0. The monoisotopic (exact) mass is 274 g/mol. The van der Waals surface area contributed by atoms with Gasteiger partial charge in [-0.05, 0) is 35.9 Å².